The Morgan fingerprint density at radius 2 is 1.87 bits per heavy atom. The van der Waals surface area contributed by atoms with Crippen LogP contribution < -0.4 is 5.32 Å². The van der Waals surface area contributed by atoms with Crippen molar-refractivity contribution in [3.8, 4) is 5.82 Å². The number of hydrogen-bond acceptors (Lipinski definition) is 6. The topological polar surface area (TPSA) is 104 Å². The van der Waals surface area contributed by atoms with Crippen molar-refractivity contribution in [2.45, 2.75) is 47.6 Å². The van der Waals surface area contributed by atoms with Crippen molar-refractivity contribution < 1.29 is 18.8 Å². The summed E-state index contributed by atoms with van der Waals surface area (Å²) < 4.78 is 14.0. The van der Waals surface area contributed by atoms with Crippen LogP contribution >= 0.6 is 0 Å². The van der Waals surface area contributed by atoms with Crippen LogP contribution in [-0.4, -0.2) is 37.5 Å². The third kappa shape index (κ3) is 4.60. The van der Waals surface area contributed by atoms with Crippen LogP contribution in [0, 0.1) is 34.6 Å². The first-order valence-corrected chi connectivity index (χ1v) is 9.91. The fourth-order valence-corrected chi connectivity index (χ4v) is 3.37. The molecule has 0 radical (unpaired) electrons. The molecule has 9 heteroatoms. The average molecular weight is 425 g/mol. The normalized spacial score (nSPS) is 12.4. The Balaban J connectivity index is 1.66. The van der Waals surface area contributed by atoms with Crippen LogP contribution in [0.15, 0.2) is 22.7 Å². The Kier molecular flexibility index (Phi) is 6.14. The molecule has 0 aliphatic heterocycles. The van der Waals surface area contributed by atoms with Gasteiger partial charge in [0.15, 0.2) is 11.9 Å². The van der Waals surface area contributed by atoms with Gasteiger partial charge in [0, 0.05) is 30.6 Å². The molecule has 3 heterocycles. The molecule has 1 atom stereocenters. The van der Waals surface area contributed by atoms with Gasteiger partial charge in [-0.3, -0.25) is 14.0 Å². The van der Waals surface area contributed by atoms with Gasteiger partial charge >= 0.3 is 5.97 Å². The second-order valence-corrected chi connectivity index (χ2v) is 7.53. The second kappa shape index (κ2) is 8.63. The molecular weight excluding hydrogens is 398 g/mol. The van der Waals surface area contributed by atoms with Gasteiger partial charge in [0.25, 0.3) is 5.91 Å². The molecule has 9 nitrogen and oxygen atoms in total. The fraction of sp³-hybridized carbons (Fsp3) is 0.364. The summed E-state index contributed by atoms with van der Waals surface area (Å²) in [7, 11) is 1.80. The number of aryl methyl sites for hydroxylation is 4. The highest BCUT2D eigenvalue weighted by Gasteiger charge is 2.20. The van der Waals surface area contributed by atoms with Gasteiger partial charge in [-0.25, -0.2) is 4.79 Å². The van der Waals surface area contributed by atoms with Gasteiger partial charge < -0.3 is 14.6 Å². The Labute approximate surface area is 180 Å². The Morgan fingerprint density at radius 3 is 2.45 bits per heavy atom. The number of aromatic nitrogens is 4. The molecule has 3 aromatic rings. The summed E-state index contributed by atoms with van der Waals surface area (Å²) >= 11 is 0. The van der Waals surface area contributed by atoms with Gasteiger partial charge in [-0.2, -0.15) is 5.10 Å². The van der Waals surface area contributed by atoms with Crippen LogP contribution in [0.3, 0.4) is 0 Å². The van der Waals surface area contributed by atoms with Crippen molar-refractivity contribution in [1.82, 2.24) is 19.5 Å². The maximum atomic E-state index is 12.4. The number of nitrogens with zero attached hydrogens (tertiary/aromatic N) is 4. The van der Waals surface area contributed by atoms with Gasteiger partial charge in [0.1, 0.15) is 5.76 Å². The van der Waals surface area contributed by atoms with Crippen LogP contribution in [-0.2, 0) is 21.4 Å². The molecular formula is C22H27N5O4. The monoisotopic (exact) mass is 425 g/mol. The Bertz CT molecular complexity index is 1170. The van der Waals surface area contributed by atoms with E-state index in [0.717, 1.165) is 22.6 Å². The lowest BCUT2D eigenvalue weighted by Gasteiger charge is -2.12. The molecule has 0 aromatic carbocycles. The van der Waals surface area contributed by atoms with E-state index in [2.05, 4.69) is 15.6 Å². The Hall–Kier alpha value is -3.62. The zero-order valence-corrected chi connectivity index (χ0v) is 18.8. The predicted octanol–water partition coefficient (Wildman–Crippen LogP) is 3.32. The molecule has 31 heavy (non-hydrogen) atoms. The number of anilines is 1. The highest BCUT2D eigenvalue weighted by atomic mass is 16.5. The largest absolute Gasteiger partial charge is 0.449 e. The first-order chi connectivity index (χ1) is 14.6. The van der Waals surface area contributed by atoms with Crippen molar-refractivity contribution in [3.05, 3.63) is 52.3 Å². The second-order valence-electron chi connectivity index (χ2n) is 7.53. The number of ether oxygens (including phenoxy) is 1. The van der Waals surface area contributed by atoms with E-state index in [1.807, 2.05) is 44.4 Å². The van der Waals surface area contributed by atoms with Crippen LogP contribution in [0.1, 0.15) is 41.0 Å². The third-order valence-electron chi connectivity index (χ3n) is 5.13. The zero-order valence-electron chi connectivity index (χ0n) is 18.8. The zero-order chi connectivity index (χ0) is 22.9. The molecule has 3 rings (SSSR count). The first kappa shape index (κ1) is 22.1. The number of rotatable bonds is 6. The molecule has 0 saturated heterocycles. The smallest absolute Gasteiger partial charge is 0.331 e. The highest BCUT2D eigenvalue weighted by Crippen LogP contribution is 2.22. The minimum atomic E-state index is -0.957. The molecule has 0 aliphatic carbocycles. The number of nitrogens with one attached hydrogen (secondary N) is 1. The van der Waals surface area contributed by atoms with Gasteiger partial charge in [-0.05, 0) is 59.2 Å². The summed E-state index contributed by atoms with van der Waals surface area (Å²) in [4.78, 5) is 24.7. The average Bonchev–Trinajstić information content (AvgIpc) is 3.31. The predicted molar refractivity (Wildman–Crippen MR) is 116 cm³/mol. The van der Waals surface area contributed by atoms with E-state index >= 15 is 0 Å². The van der Waals surface area contributed by atoms with E-state index in [1.165, 1.54) is 13.0 Å². The molecule has 0 unspecified atom stereocenters. The molecule has 0 spiro atoms. The number of carbonyl (C=O) groups excluding carboxylic acids is 2. The summed E-state index contributed by atoms with van der Waals surface area (Å²) in [5.74, 6) is 0.373. The number of carbonyl (C=O) groups is 2. The van der Waals surface area contributed by atoms with Crippen molar-refractivity contribution in [2.75, 3.05) is 5.32 Å². The number of amides is 1. The van der Waals surface area contributed by atoms with Crippen LogP contribution in [0.4, 0.5) is 5.69 Å². The molecule has 0 bridgehead atoms. The summed E-state index contributed by atoms with van der Waals surface area (Å²) in [6.45, 7) is 10.9. The van der Waals surface area contributed by atoms with Crippen LogP contribution in [0.5, 0.6) is 0 Å². The van der Waals surface area contributed by atoms with Crippen molar-refractivity contribution in [1.29, 1.82) is 0 Å². The summed E-state index contributed by atoms with van der Waals surface area (Å²) in [5.41, 5.74) is 4.85. The van der Waals surface area contributed by atoms with E-state index in [9.17, 15) is 9.59 Å². The lowest BCUT2D eigenvalue weighted by atomic mass is 10.2. The minimum Gasteiger partial charge on any atom is -0.449 e. The molecule has 0 fully saturated rings. The lowest BCUT2D eigenvalue weighted by molar-refractivity contribution is -0.148. The van der Waals surface area contributed by atoms with Gasteiger partial charge in [0.2, 0.25) is 0 Å². The maximum Gasteiger partial charge on any atom is 0.331 e. The van der Waals surface area contributed by atoms with Gasteiger partial charge in [-0.15, -0.1) is 0 Å². The highest BCUT2D eigenvalue weighted by molar-refractivity contribution is 5.97. The van der Waals surface area contributed by atoms with Crippen LogP contribution in [0.2, 0.25) is 0 Å². The fourth-order valence-electron chi connectivity index (χ4n) is 3.37. The quantitative estimate of drug-likeness (QED) is 0.480. The summed E-state index contributed by atoms with van der Waals surface area (Å²) in [6.07, 6.45) is 2.01. The van der Waals surface area contributed by atoms with E-state index in [0.29, 0.717) is 23.0 Å². The van der Waals surface area contributed by atoms with Gasteiger partial charge in [-0.1, -0.05) is 5.16 Å². The van der Waals surface area contributed by atoms with Crippen molar-refractivity contribution in [2.24, 2.45) is 7.05 Å². The van der Waals surface area contributed by atoms with E-state index in [1.54, 1.807) is 24.7 Å². The van der Waals surface area contributed by atoms with Gasteiger partial charge in [0.05, 0.1) is 17.1 Å². The first-order valence-electron chi connectivity index (χ1n) is 9.91. The standard InChI is InChI=1S/C22H27N5O4/c1-12-10-18(15(4)27(12)19-11-13(2)31-25-19)8-9-20(28)30-17(6)22(29)23-21-14(3)24-26(7)16(21)5/h8-11,17H,1-7H3,(H,23,29)/b9-8+/t17-/m1/s1. The summed E-state index contributed by atoms with van der Waals surface area (Å²) in [6, 6.07) is 3.78. The van der Waals surface area contributed by atoms with E-state index in [4.69, 9.17) is 9.26 Å². The van der Waals surface area contributed by atoms with Crippen molar-refractivity contribution >= 4 is 23.6 Å². The Morgan fingerprint density at radius 1 is 1.16 bits per heavy atom. The van der Waals surface area contributed by atoms with Crippen LogP contribution in [0.25, 0.3) is 11.9 Å². The SMILES string of the molecule is Cc1cc(-n2c(C)cc(/C=C/C(=O)O[C@H](C)C(=O)Nc3c(C)nn(C)c3C)c2C)no1. The number of esters is 1. The molecule has 1 amide bonds. The molecule has 1 N–H and O–H groups in total. The molecule has 0 saturated carbocycles. The summed E-state index contributed by atoms with van der Waals surface area (Å²) in [5, 5.41) is 11.1. The third-order valence-corrected chi connectivity index (χ3v) is 5.13. The molecule has 3 aromatic heterocycles. The molecule has 0 aliphatic rings. The van der Waals surface area contributed by atoms with E-state index in [-0.39, 0.29) is 0 Å². The molecule has 164 valence electrons. The maximum absolute atomic E-state index is 12.4. The number of hydrogen-bond donors (Lipinski definition) is 1. The minimum absolute atomic E-state index is 0.416. The lowest BCUT2D eigenvalue weighted by Crippen LogP contribution is -2.29. The van der Waals surface area contributed by atoms with E-state index < -0.39 is 18.0 Å². The van der Waals surface area contributed by atoms with Crippen molar-refractivity contribution in [3.63, 3.8) is 0 Å².